The molecule has 2 N–H and O–H groups in total. The van der Waals surface area contributed by atoms with E-state index in [0.717, 1.165) is 19.3 Å². The molecule has 0 unspecified atom stereocenters. The van der Waals surface area contributed by atoms with E-state index < -0.39 is 0 Å². The second kappa shape index (κ2) is 8.57. The lowest BCUT2D eigenvalue weighted by Gasteiger charge is -2.07. The van der Waals surface area contributed by atoms with Gasteiger partial charge in [0.05, 0.1) is 0 Å². The van der Waals surface area contributed by atoms with Gasteiger partial charge in [-0.3, -0.25) is 20.4 Å². The minimum absolute atomic E-state index is 0.00717. The van der Waals surface area contributed by atoms with Crippen molar-refractivity contribution in [2.45, 2.75) is 57.8 Å². The first kappa shape index (κ1) is 16.5. The van der Waals surface area contributed by atoms with Crippen molar-refractivity contribution in [1.82, 2.24) is 10.9 Å². The van der Waals surface area contributed by atoms with Gasteiger partial charge in [-0.25, -0.2) is 0 Å². The van der Waals surface area contributed by atoms with Crippen LogP contribution in [0.5, 0.6) is 0 Å². The average molecular weight is 302 g/mol. The fourth-order valence-electron chi connectivity index (χ4n) is 2.73. The van der Waals surface area contributed by atoms with Gasteiger partial charge >= 0.3 is 0 Å². The van der Waals surface area contributed by atoms with Crippen molar-refractivity contribution in [3.05, 3.63) is 35.9 Å². The molecule has 22 heavy (non-hydrogen) atoms. The number of benzene rings is 1. The van der Waals surface area contributed by atoms with Crippen LogP contribution in [0.15, 0.2) is 30.3 Å². The smallest absolute Gasteiger partial charge is 0.242 e. The summed E-state index contributed by atoms with van der Waals surface area (Å²) in [4.78, 5) is 23.6. The van der Waals surface area contributed by atoms with E-state index in [9.17, 15) is 9.59 Å². The Kier molecular flexibility index (Phi) is 6.44. The number of amides is 2. The van der Waals surface area contributed by atoms with Crippen molar-refractivity contribution in [3.63, 3.8) is 0 Å². The molecule has 4 heteroatoms. The molecule has 0 bridgehead atoms. The molecule has 0 spiro atoms. The van der Waals surface area contributed by atoms with Crippen molar-refractivity contribution in [2.75, 3.05) is 0 Å². The summed E-state index contributed by atoms with van der Waals surface area (Å²) in [6.07, 6.45) is 6.91. The zero-order valence-corrected chi connectivity index (χ0v) is 13.3. The van der Waals surface area contributed by atoms with E-state index in [-0.39, 0.29) is 17.7 Å². The normalized spacial score (nSPS) is 19.5. The van der Waals surface area contributed by atoms with E-state index in [2.05, 4.69) is 17.8 Å². The van der Waals surface area contributed by atoms with Crippen LogP contribution in [0.1, 0.15) is 63.4 Å². The van der Waals surface area contributed by atoms with Crippen molar-refractivity contribution in [2.24, 2.45) is 5.92 Å². The summed E-state index contributed by atoms with van der Waals surface area (Å²) in [5, 5.41) is 0. The molecule has 120 valence electrons. The summed E-state index contributed by atoms with van der Waals surface area (Å²) in [6, 6.07) is 10.0. The largest absolute Gasteiger partial charge is 0.273 e. The SMILES string of the molecule is CCCCCCCC(=O)NNC(=O)[C@H]1C[C@H]1c1ccccc1. The molecule has 0 radical (unpaired) electrons. The highest BCUT2D eigenvalue weighted by atomic mass is 16.2. The molecule has 2 atom stereocenters. The number of carbonyl (C=O) groups excluding carboxylic acids is 2. The number of hydrogen-bond donors (Lipinski definition) is 2. The summed E-state index contributed by atoms with van der Waals surface area (Å²) in [7, 11) is 0. The lowest BCUT2D eigenvalue weighted by atomic mass is 10.1. The van der Waals surface area contributed by atoms with Gasteiger partial charge in [0.1, 0.15) is 0 Å². The van der Waals surface area contributed by atoms with E-state index in [1.807, 2.05) is 30.3 Å². The van der Waals surface area contributed by atoms with Crippen LogP contribution in [0, 0.1) is 5.92 Å². The molecule has 0 aliphatic heterocycles. The summed E-state index contributed by atoms with van der Waals surface area (Å²) in [5.74, 6) is 0.120. The average Bonchev–Trinajstić information content (AvgIpc) is 3.34. The minimum Gasteiger partial charge on any atom is -0.273 e. The fraction of sp³-hybridized carbons (Fsp3) is 0.556. The molecule has 1 aliphatic rings. The molecule has 0 heterocycles. The Morgan fingerprint density at radius 2 is 1.77 bits per heavy atom. The monoisotopic (exact) mass is 302 g/mol. The second-order valence-electron chi connectivity index (χ2n) is 6.06. The van der Waals surface area contributed by atoms with Gasteiger partial charge in [0.25, 0.3) is 0 Å². The zero-order chi connectivity index (χ0) is 15.8. The van der Waals surface area contributed by atoms with Crippen LogP contribution in [-0.2, 0) is 9.59 Å². The molecule has 2 amide bonds. The maximum atomic E-state index is 12.0. The Morgan fingerprint density at radius 1 is 1.05 bits per heavy atom. The molecule has 4 nitrogen and oxygen atoms in total. The van der Waals surface area contributed by atoms with Gasteiger partial charge in [-0.15, -0.1) is 0 Å². The predicted molar refractivity (Wildman–Crippen MR) is 87.0 cm³/mol. The molecule has 1 aromatic carbocycles. The van der Waals surface area contributed by atoms with Gasteiger partial charge in [-0.1, -0.05) is 62.9 Å². The number of rotatable bonds is 8. The molecule has 2 rings (SSSR count). The first-order valence-corrected chi connectivity index (χ1v) is 8.36. The highest BCUT2D eigenvalue weighted by molar-refractivity contribution is 5.85. The minimum atomic E-state index is -0.0956. The Bertz CT molecular complexity index is 487. The molecule has 0 saturated heterocycles. The zero-order valence-electron chi connectivity index (χ0n) is 13.3. The highest BCUT2D eigenvalue weighted by Crippen LogP contribution is 2.47. The van der Waals surface area contributed by atoms with E-state index >= 15 is 0 Å². The third-order valence-corrected chi connectivity index (χ3v) is 4.19. The third-order valence-electron chi connectivity index (χ3n) is 4.19. The Balaban J connectivity index is 1.59. The quantitative estimate of drug-likeness (QED) is 0.572. The Morgan fingerprint density at radius 3 is 2.50 bits per heavy atom. The first-order chi connectivity index (χ1) is 10.7. The highest BCUT2D eigenvalue weighted by Gasteiger charge is 2.43. The second-order valence-corrected chi connectivity index (χ2v) is 6.06. The predicted octanol–water partition coefficient (Wildman–Crippen LogP) is 3.30. The van der Waals surface area contributed by atoms with Crippen molar-refractivity contribution >= 4 is 11.8 Å². The Hall–Kier alpha value is -1.84. The lowest BCUT2D eigenvalue weighted by molar-refractivity contribution is -0.129. The van der Waals surface area contributed by atoms with Gasteiger partial charge in [-0.2, -0.15) is 0 Å². The van der Waals surface area contributed by atoms with Crippen molar-refractivity contribution in [3.8, 4) is 0 Å². The number of hydrazine groups is 1. The third kappa shape index (κ3) is 5.17. The summed E-state index contributed by atoms with van der Waals surface area (Å²) >= 11 is 0. The molecule has 1 saturated carbocycles. The van der Waals surface area contributed by atoms with Crippen LogP contribution in [0.2, 0.25) is 0 Å². The fourth-order valence-corrected chi connectivity index (χ4v) is 2.73. The van der Waals surface area contributed by atoms with E-state index in [1.54, 1.807) is 0 Å². The molecule has 1 aliphatic carbocycles. The molecular formula is C18H26N2O2. The van der Waals surface area contributed by atoms with Crippen molar-refractivity contribution in [1.29, 1.82) is 0 Å². The van der Waals surface area contributed by atoms with Gasteiger partial charge in [0.2, 0.25) is 11.8 Å². The molecule has 1 aromatic rings. The van der Waals surface area contributed by atoms with Gasteiger partial charge in [0, 0.05) is 12.3 Å². The number of carbonyl (C=O) groups is 2. The van der Waals surface area contributed by atoms with E-state index in [1.165, 1.54) is 24.8 Å². The Labute approximate surface area is 132 Å². The van der Waals surface area contributed by atoms with Crippen LogP contribution in [0.4, 0.5) is 0 Å². The van der Waals surface area contributed by atoms with Gasteiger partial charge in [0.15, 0.2) is 0 Å². The van der Waals surface area contributed by atoms with Gasteiger partial charge in [-0.05, 0) is 24.3 Å². The summed E-state index contributed by atoms with van der Waals surface area (Å²) in [6.45, 7) is 2.17. The van der Waals surface area contributed by atoms with E-state index in [0.29, 0.717) is 12.3 Å². The van der Waals surface area contributed by atoms with Crippen LogP contribution < -0.4 is 10.9 Å². The van der Waals surface area contributed by atoms with Gasteiger partial charge < -0.3 is 0 Å². The topological polar surface area (TPSA) is 58.2 Å². The number of hydrogen-bond acceptors (Lipinski definition) is 2. The lowest BCUT2D eigenvalue weighted by Crippen LogP contribution is -2.42. The first-order valence-electron chi connectivity index (χ1n) is 8.36. The van der Waals surface area contributed by atoms with Crippen LogP contribution in [0.25, 0.3) is 0 Å². The maximum Gasteiger partial charge on any atom is 0.242 e. The number of unbranched alkanes of at least 4 members (excludes halogenated alkanes) is 4. The number of nitrogens with one attached hydrogen (secondary N) is 2. The van der Waals surface area contributed by atoms with Crippen LogP contribution in [-0.4, -0.2) is 11.8 Å². The van der Waals surface area contributed by atoms with E-state index in [4.69, 9.17) is 0 Å². The maximum absolute atomic E-state index is 12.0. The molecule has 0 aromatic heterocycles. The molecule has 1 fully saturated rings. The van der Waals surface area contributed by atoms with Crippen LogP contribution in [0.3, 0.4) is 0 Å². The molecular weight excluding hydrogens is 276 g/mol. The standard InChI is InChI=1S/C18H26N2O2/c1-2-3-4-5-9-12-17(21)19-20-18(22)16-13-15(16)14-10-7-6-8-11-14/h6-8,10-11,15-16H,2-5,9,12-13H2,1H3,(H,19,21)(H,20,22)/t15-,16-/m0/s1. The summed E-state index contributed by atoms with van der Waals surface area (Å²) in [5.41, 5.74) is 6.28. The summed E-state index contributed by atoms with van der Waals surface area (Å²) < 4.78 is 0. The van der Waals surface area contributed by atoms with Crippen LogP contribution >= 0.6 is 0 Å². The van der Waals surface area contributed by atoms with Crippen molar-refractivity contribution < 1.29 is 9.59 Å².